The molecule has 0 radical (unpaired) electrons. The Bertz CT molecular complexity index is 2130. The van der Waals surface area contributed by atoms with E-state index in [1.165, 1.54) is 0 Å². The molecule has 10 nitrogen and oxygen atoms in total. The van der Waals surface area contributed by atoms with E-state index in [0.29, 0.717) is 36.5 Å². The highest BCUT2D eigenvalue weighted by atomic mass is 16.7. The summed E-state index contributed by atoms with van der Waals surface area (Å²) < 4.78 is 26.3. The summed E-state index contributed by atoms with van der Waals surface area (Å²) in [6, 6.07) is 27.3. The molecule has 306 valence electrons. The van der Waals surface area contributed by atoms with Gasteiger partial charge in [0, 0.05) is 38.2 Å². The zero-order valence-corrected chi connectivity index (χ0v) is 33.8. The lowest BCUT2D eigenvalue weighted by molar-refractivity contribution is -0.255. The Hall–Kier alpha value is -5.16. The maximum atomic E-state index is 14.4. The topological polar surface area (TPSA) is 119 Å². The fourth-order valence-electron chi connectivity index (χ4n) is 9.52. The number of carbonyl (C=O) groups is 1. The number of hydrogen-bond acceptors (Lipinski definition) is 9. The van der Waals surface area contributed by atoms with E-state index in [0.717, 1.165) is 64.6 Å². The fraction of sp³-hybridized carbons (Fsp3) is 0.417. The van der Waals surface area contributed by atoms with Gasteiger partial charge in [0.05, 0.1) is 31.8 Å². The molecular formula is C48H56N2O8. The average Bonchev–Trinajstić information content (AvgIpc) is 3.24. The van der Waals surface area contributed by atoms with Gasteiger partial charge in [-0.1, -0.05) is 72.6 Å². The molecule has 6 atom stereocenters. The van der Waals surface area contributed by atoms with Crippen molar-refractivity contribution in [2.24, 2.45) is 22.9 Å². The standard InChI is InChI=1S/C48H56N2O8/c1-5-25-56-48-44(50(2)45(53)27-32-13-12-17-36(26-32)54-3)31-42(49-55-4)40-29-35(16-8-10-23-51)39(18-9-11-24-52)46(47(40)48)41-30-38(21-22-43(41)58-48)57-37-20-19-33-14-6-7-15-34(33)28-37/h5-7,12-15,17,19-22,26,28-30,35,39,44,46-47,51-52H,1,8-11,16,18,23-25,27,31H2,2-4H3. The Balaban J connectivity index is 1.38. The molecule has 4 aromatic rings. The number of nitrogens with zero attached hydrogens (tertiary/aromatic N) is 2. The van der Waals surface area contributed by atoms with Gasteiger partial charge in [0.15, 0.2) is 0 Å². The summed E-state index contributed by atoms with van der Waals surface area (Å²) >= 11 is 0. The molecule has 1 saturated carbocycles. The summed E-state index contributed by atoms with van der Waals surface area (Å²) in [5.74, 6) is 1.01. The summed E-state index contributed by atoms with van der Waals surface area (Å²) in [5.41, 5.74) is 3.56. The maximum absolute atomic E-state index is 14.4. The van der Waals surface area contributed by atoms with Gasteiger partial charge < -0.3 is 38.9 Å². The lowest BCUT2D eigenvalue weighted by Crippen LogP contribution is -2.69. The van der Waals surface area contributed by atoms with Gasteiger partial charge in [-0.3, -0.25) is 4.79 Å². The normalized spacial score (nSPS) is 23.9. The van der Waals surface area contributed by atoms with Crippen LogP contribution in [0.25, 0.3) is 10.8 Å². The van der Waals surface area contributed by atoms with Crippen LogP contribution in [-0.4, -0.2) is 79.6 Å². The minimum Gasteiger partial charge on any atom is -0.497 e. The molecule has 1 heterocycles. The van der Waals surface area contributed by atoms with Crippen LogP contribution < -0.4 is 14.2 Å². The molecule has 2 N–H and O–H groups in total. The SMILES string of the molecule is C=CCOC12Oc3ccc(Oc4ccc5ccccc5c4)cc3C3C(CCCCO)C(CCCCO)C=C(C(=NOC)CC1N(C)C(=O)Cc1cccc(OC)c1)C32. The number of likely N-dealkylation sites (N-methyl/N-ethyl adjacent to an activating group) is 1. The van der Waals surface area contributed by atoms with Gasteiger partial charge in [-0.25, -0.2) is 0 Å². The van der Waals surface area contributed by atoms with Crippen molar-refractivity contribution in [3.05, 3.63) is 120 Å². The van der Waals surface area contributed by atoms with E-state index in [9.17, 15) is 15.0 Å². The zero-order valence-electron chi connectivity index (χ0n) is 33.8. The molecule has 2 aliphatic carbocycles. The third-order valence-electron chi connectivity index (χ3n) is 12.2. The average molecular weight is 789 g/mol. The molecule has 6 unspecified atom stereocenters. The summed E-state index contributed by atoms with van der Waals surface area (Å²) in [5, 5.41) is 26.6. The molecule has 10 heteroatoms. The lowest BCUT2D eigenvalue weighted by atomic mass is 9.55. The van der Waals surface area contributed by atoms with E-state index in [1.54, 1.807) is 25.2 Å². The number of allylic oxidation sites excluding steroid dienone is 1. The molecule has 0 bridgehead atoms. The Labute approximate surface area is 341 Å². The van der Waals surface area contributed by atoms with Gasteiger partial charge in [0.2, 0.25) is 11.7 Å². The quantitative estimate of drug-likeness (QED) is 0.0585. The van der Waals surface area contributed by atoms with Gasteiger partial charge in [-0.15, -0.1) is 6.58 Å². The number of ether oxygens (including phenoxy) is 4. The first-order chi connectivity index (χ1) is 28.3. The Morgan fingerprint density at radius 2 is 1.67 bits per heavy atom. The van der Waals surface area contributed by atoms with Crippen molar-refractivity contribution in [1.29, 1.82) is 0 Å². The van der Waals surface area contributed by atoms with E-state index >= 15 is 0 Å². The van der Waals surface area contributed by atoms with E-state index in [4.69, 9.17) is 23.8 Å². The molecule has 1 amide bonds. The fourth-order valence-corrected chi connectivity index (χ4v) is 9.52. The third-order valence-corrected chi connectivity index (χ3v) is 12.2. The Morgan fingerprint density at radius 3 is 2.43 bits per heavy atom. The first kappa shape index (κ1) is 41.0. The third kappa shape index (κ3) is 8.37. The van der Waals surface area contributed by atoms with Crippen LogP contribution in [0.4, 0.5) is 0 Å². The van der Waals surface area contributed by atoms with Crippen molar-refractivity contribution in [3.63, 3.8) is 0 Å². The van der Waals surface area contributed by atoms with Crippen LogP contribution in [0.3, 0.4) is 0 Å². The highest BCUT2D eigenvalue weighted by Gasteiger charge is 2.65. The smallest absolute Gasteiger partial charge is 0.239 e. The van der Waals surface area contributed by atoms with Crippen molar-refractivity contribution in [2.45, 2.75) is 69.1 Å². The molecule has 4 aromatic carbocycles. The van der Waals surface area contributed by atoms with E-state index in [-0.39, 0.29) is 49.9 Å². The molecule has 0 aromatic heterocycles. The summed E-state index contributed by atoms with van der Waals surface area (Å²) in [6.45, 7) is 4.44. The molecule has 3 aliphatic rings. The highest BCUT2D eigenvalue weighted by Crippen LogP contribution is 2.62. The minimum atomic E-state index is -1.32. The van der Waals surface area contributed by atoms with Crippen molar-refractivity contribution in [2.75, 3.05) is 41.1 Å². The molecule has 7 rings (SSSR count). The molecule has 58 heavy (non-hydrogen) atoms. The van der Waals surface area contributed by atoms with Crippen LogP contribution in [0.1, 0.15) is 62.0 Å². The van der Waals surface area contributed by atoms with Gasteiger partial charge in [-0.05, 0) is 102 Å². The predicted octanol–water partition coefficient (Wildman–Crippen LogP) is 8.61. The number of rotatable bonds is 18. The Morgan fingerprint density at radius 1 is 0.914 bits per heavy atom. The number of benzene rings is 4. The van der Waals surface area contributed by atoms with Crippen LogP contribution >= 0.6 is 0 Å². The molecule has 0 spiro atoms. The van der Waals surface area contributed by atoms with Gasteiger partial charge in [0.25, 0.3) is 0 Å². The van der Waals surface area contributed by atoms with E-state index in [1.807, 2.05) is 67.7 Å². The summed E-state index contributed by atoms with van der Waals surface area (Å²) in [6.07, 6.45) is 9.31. The van der Waals surface area contributed by atoms with E-state index in [2.05, 4.69) is 42.1 Å². The van der Waals surface area contributed by atoms with Gasteiger partial charge in [-0.2, -0.15) is 0 Å². The first-order valence-corrected chi connectivity index (χ1v) is 20.5. The number of aliphatic hydroxyl groups excluding tert-OH is 2. The Kier molecular flexibility index (Phi) is 13.2. The predicted molar refractivity (Wildman–Crippen MR) is 225 cm³/mol. The lowest BCUT2D eigenvalue weighted by Gasteiger charge is -2.59. The minimum absolute atomic E-state index is 0.101. The number of fused-ring (bicyclic) bond motifs is 3. The first-order valence-electron chi connectivity index (χ1n) is 20.5. The van der Waals surface area contributed by atoms with E-state index < -0.39 is 17.7 Å². The van der Waals surface area contributed by atoms with Crippen LogP contribution in [0, 0.1) is 17.8 Å². The van der Waals surface area contributed by atoms with Crippen LogP contribution in [0.5, 0.6) is 23.0 Å². The second-order valence-corrected chi connectivity index (χ2v) is 15.6. The maximum Gasteiger partial charge on any atom is 0.239 e. The highest BCUT2D eigenvalue weighted by molar-refractivity contribution is 6.03. The van der Waals surface area contributed by atoms with Gasteiger partial charge in [0.1, 0.15) is 36.1 Å². The van der Waals surface area contributed by atoms with Crippen molar-refractivity contribution >= 4 is 22.4 Å². The second-order valence-electron chi connectivity index (χ2n) is 15.6. The number of aliphatic hydroxyl groups is 2. The molecule has 0 saturated heterocycles. The van der Waals surface area contributed by atoms with Crippen molar-refractivity contribution < 1.29 is 38.8 Å². The summed E-state index contributed by atoms with van der Waals surface area (Å²) in [4.78, 5) is 21.7. The van der Waals surface area contributed by atoms with Crippen molar-refractivity contribution in [1.82, 2.24) is 4.90 Å². The second kappa shape index (κ2) is 18.6. The van der Waals surface area contributed by atoms with Crippen LogP contribution in [-0.2, 0) is 20.8 Å². The largest absolute Gasteiger partial charge is 0.497 e. The number of methoxy groups -OCH3 is 1. The number of oxime groups is 1. The van der Waals surface area contributed by atoms with Crippen LogP contribution in [0.2, 0.25) is 0 Å². The zero-order chi connectivity index (χ0) is 40.6. The number of amides is 1. The van der Waals surface area contributed by atoms with Gasteiger partial charge >= 0.3 is 0 Å². The van der Waals surface area contributed by atoms with Crippen LogP contribution in [0.15, 0.2) is 114 Å². The number of hydrogen-bond donors (Lipinski definition) is 2. The number of unbranched alkanes of at least 4 members (excludes halogenated alkanes) is 2. The monoisotopic (exact) mass is 788 g/mol. The molecule has 1 aliphatic heterocycles. The van der Waals surface area contributed by atoms with Crippen molar-refractivity contribution in [3.8, 4) is 23.0 Å². The number of carbonyl (C=O) groups excluding carboxylic acids is 1. The molecule has 1 fully saturated rings. The summed E-state index contributed by atoms with van der Waals surface area (Å²) in [7, 11) is 4.98. The molecular weight excluding hydrogens is 733 g/mol.